The Morgan fingerprint density at radius 3 is 2.67 bits per heavy atom. The number of carbonyl (C=O) groups excluding carboxylic acids is 1. The molecule has 0 bridgehead atoms. The molecule has 0 saturated carbocycles. The van der Waals surface area contributed by atoms with Gasteiger partial charge in [0, 0.05) is 48.5 Å². The first-order chi connectivity index (χ1) is 15.5. The number of pyridine rings is 1. The van der Waals surface area contributed by atoms with Crippen molar-refractivity contribution >= 4 is 32.0 Å². The van der Waals surface area contributed by atoms with Gasteiger partial charge in [0.1, 0.15) is 5.25 Å². The van der Waals surface area contributed by atoms with Crippen LogP contribution in [0.15, 0.2) is 34.9 Å². The molecule has 33 heavy (non-hydrogen) atoms. The maximum Gasteiger partial charge on any atom is 0.271 e. The largest absolute Gasteiger partial charge is 0.467 e. The first-order valence-corrected chi connectivity index (χ1v) is 12.5. The van der Waals surface area contributed by atoms with Crippen molar-refractivity contribution in [3.05, 3.63) is 57.7 Å². The van der Waals surface area contributed by atoms with E-state index in [1.54, 1.807) is 4.90 Å². The van der Waals surface area contributed by atoms with Crippen LogP contribution in [-0.2, 0) is 21.5 Å². The smallest absolute Gasteiger partial charge is 0.271 e. The van der Waals surface area contributed by atoms with Crippen LogP contribution in [0.2, 0.25) is 0 Å². The summed E-state index contributed by atoms with van der Waals surface area (Å²) in [6.07, 6.45) is 1.40. The van der Waals surface area contributed by atoms with Crippen molar-refractivity contribution in [1.82, 2.24) is 14.8 Å². The fourth-order valence-corrected chi connectivity index (χ4v) is 4.51. The Labute approximate surface area is 199 Å². The highest BCUT2D eigenvalue weighted by atomic mass is 79.9. The molecule has 180 valence electrons. The van der Waals surface area contributed by atoms with Crippen LogP contribution in [0.5, 0.6) is 5.88 Å². The van der Waals surface area contributed by atoms with E-state index in [0.717, 1.165) is 6.07 Å². The van der Waals surface area contributed by atoms with Crippen LogP contribution < -0.4 is 4.74 Å². The van der Waals surface area contributed by atoms with E-state index in [9.17, 15) is 26.5 Å². The lowest BCUT2D eigenvalue weighted by Crippen LogP contribution is -2.54. The van der Waals surface area contributed by atoms with Crippen molar-refractivity contribution in [2.45, 2.75) is 31.7 Å². The number of rotatable bonds is 7. The summed E-state index contributed by atoms with van der Waals surface area (Å²) >= 11 is 3.20. The molecule has 1 N–H and O–H groups in total. The number of ether oxygens (including phenoxy) is 1. The third kappa shape index (κ3) is 6.46. The monoisotopic (exact) mass is 547 g/mol. The van der Waals surface area contributed by atoms with Gasteiger partial charge in [-0.1, -0.05) is 6.07 Å². The Hall–Kier alpha value is -2.15. The van der Waals surface area contributed by atoms with Crippen LogP contribution in [-0.4, -0.2) is 65.9 Å². The lowest BCUT2D eigenvalue weighted by Gasteiger charge is -2.39. The van der Waals surface area contributed by atoms with Gasteiger partial charge in [-0.05, 0) is 53.5 Å². The second-order valence-corrected chi connectivity index (χ2v) is 10.6. The predicted molar refractivity (Wildman–Crippen MR) is 120 cm³/mol. The minimum Gasteiger partial charge on any atom is -0.467 e. The lowest BCUT2D eigenvalue weighted by atomic mass is 10.1. The minimum atomic E-state index is -4.39. The van der Waals surface area contributed by atoms with Gasteiger partial charge in [0.2, 0.25) is 5.88 Å². The summed E-state index contributed by atoms with van der Waals surface area (Å²) in [5.41, 5.74) is 0.773. The van der Waals surface area contributed by atoms with Crippen LogP contribution in [0.1, 0.15) is 30.2 Å². The number of carbonyl (C=O) groups is 1. The summed E-state index contributed by atoms with van der Waals surface area (Å²) < 4.78 is 65.1. The summed E-state index contributed by atoms with van der Waals surface area (Å²) in [7, 11) is -4.39. The molecule has 1 fully saturated rings. The molecular weight excluding hydrogens is 524 g/mol. The second-order valence-electron chi connectivity index (χ2n) is 7.91. The molecule has 1 aliphatic rings. The predicted octanol–water partition coefficient (Wildman–Crippen LogP) is 3.18. The van der Waals surface area contributed by atoms with E-state index in [1.807, 2.05) is 11.8 Å². The summed E-state index contributed by atoms with van der Waals surface area (Å²) in [5, 5.41) is -1.29. The molecule has 1 aromatic heterocycles. The summed E-state index contributed by atoms with van der Waals surface area (Å²) in [4.78, 5) is 20.5. The zero-order chi connectivity index (χ0) is 24.3. The van der Waals surface area contributed by atoms with E-state index in [1.165, 1.54) is 31.3 Å². The van der Waals surface area contributed by atoms with E-state index in [0.29, 0.717) is 36.2 Å². The molecule has 2 aromatic rings. The van der Waals surface area contributed by atoms with Crippen molar-refractivity contribution in [3.8, 4) is 5.88 Å². The fraction of sp³-hybridized carbons (Fsp3) is 0.429. The number of hydrogen-bond donors (Lipinski definition) is 1. The van der Waals surface area contributed by atoms with E-state index < -0.39 is 27.0 Å². The molecular formula is C21H24BrF2N3O5S. The first-order valence-electron chi connectivity index (χ1n) is 10.2. The molecule has 0 radical (unpaired) electrons. The van der Waals surface area contributed by atoms with Gasteiger partial charge in [0.15, 0.2) is 18.2 Å². The van der Waals surface area contributed by atoms with Crippen LogP contribution >= 0.6 is 15.9 Å². The van der Waals surface area contributed by atoms with E-state index in [2.05, 4.69) is 20.9 Å². The number of benzene rings is 1. The number of amides is 1. The SMILES string of the molecule is CC(c1cc(Br)cnc1OCC(=O)N1CCN(Cc2ccc(F)c(F)c2)C[C@H]1C)S(=O)(=O)O. The number of halogens is 3. The Kier molecular flexibility index (Phi) is 8.04. The van der Waals surface area contributed by atoms with Crippen molar-refractivity contribution in [2.75, 3.05) is 26.2 Å². The molecule has 2 heterocycles. The summed E-state index contributed by atoms with van der Waals surface area (Å²) in [5.74, 6) is -2.14. The third-order valence-electron chi connectivity index (χ3n) is 5.48. The fourth-order valence-electron chi connectivity index (χ4n) is 3.67. The molecule has 1 aromatic carbocycles. The molecule has 12 heteroatoms. The van der Waals surface area contributed by atoms with Gasteiger partial charge >= 0.3 is 0 Å². The van der Waals surface area contributed by atoms with Crippen LogP contribution in [0, 0.1) is 11.6 Å². The van der Waals surface area contributed by atoms with E-state index in [-0.39, 0.29) is 30.0 Å². The molecule has 1 saturated heterocycles. The molecule has 2 atom stereocenters. The average Bonchev–Trinajstić information content (AvgIpc) is 2.74. The normalized spacial score (nSPS) is 18.2. The van der Waals surface area contributed by atoms with E-state index in [4.69, 9.17) is 4.74 Å². The van der Waals surface area contributed by atoms with Crippen molar-refractivity contribution in [1.29, 1.82) is 0 Å². The van der Waals surface area contributed by atoms with E-state index >= 15 is 0 Å². The topological polar surface area (TPSA) is 100 Å². The van der Waals surface area contributed by atoms with Crippen molar-refractivity contribution in [2.24, 2.45) is 0 Å². The highest BCUT2D eigenvalue weighted by molar-refractivity contribution is 9.10. The number of nitrogens with zero attached hydrogens (tertiary/aromatic N) is 3. The molecule has 3 rings (SSSR count). The zero-order valence-corrected chi connectivity index (χ0v) is 20.4. The van der Waals surface area contributed by atoms with Gasteiger partial charge < -0.3 is 9.64 Å². The third-order valence-corrected chi connectivity index (χ3v) is 7.07. The van der Waals surface area contributed by atoms with Gasteiger partial charge in [-0.3, -0.25) is 14.2 Å². The molecule has 1 aliphatic heterocycles. The van der Waals surface area contributed by atoms with Crippen molar-refractivity contribution < 1.29 is 31.3 Å². The molecule has 0 aliphatic carbocycles. The number of hydrogen-bond acceptors (Lipinski definition) is 6. The minimum absolute atomic E-state index is 0.0544. The maximum atomic E-state index is 13.5. The van der Waals surface area contributed by atoms with Crippen LogP contribution in [0.25, 0.3) is 0 Å². The van der Waals surface area contributed by atoms with Gasteiger partial charge in [0.25, 0.3) is 16.0 Å². The van der Waals surface area contributed by atoms with Crippen LogP contribution in [0.3, 0.4) is 0 Å². The molecule has 0 spiro atoms. The zero-order valence-electron chi connectivity index (χ0n) is 18.0. The maximum absolute atomic E-state index is 13.5. The van der Waals surface area contributed by atoms with Gasteiger partial charge in [-0.2, -0.15) is 8.42 Å². The molecule has 1 amide bonds. The number of aromatic nitrogens is 1. The average molecular weight is 548 g/mol. The Morgan fingerprint density at radius 1 is 1.30 bits per heavy atom. The standard InChI is InChI=1S/C21H24BrF2N3O5S/c1-13-10-26(11-15-3-4-18(23)19(24)7-15)5-6-27(13)20(28)12-32-21-17(8-16(22)9-25-21)14(2)33(29,30)31/h3-4,7-9,13-14H,5-6,10-12H2,1-2H3,(H,29,30,31)/t13-,14?/m1/s1. The number of piperazine rings is 1. The lowest BCUT2D eigenvalue weighted by molar-refractivity contribution is -0.138. The second kappa shape index (κ2) is 10.4. The van der Waals surface area contributed by atoms with Crippen LogP contribution in [0.4, 0.5) is 8.78 Å². The highest BCUT2D eigenvalue weighted by Gasteiger charge is 2.29. The quantitative estimate of drug-likeness (QED) is 0.531. The molecule has 1 unspecified atom stereocenters. The van der Waals surface area contributed by atoms with Crippen molar-refractivity contribution in [3.63, 3.8) is 0 Å². The van der Waals surface area contributed by atoms with Gasteiger partial charge in [-0.25, -0.2) is 13.8 Å². The Balaban J connectivity index is 1.60. The Morgan fingerprint density at radius 2 is 2.03 bits per heavy atom. The highest BCUT2D eigenvalue weighted by Crippen LogP contribution is 2.30. The first kappa shape index (κ1) is 25.5. The summed E-state index contributed by atoms with van der Waals surface area (Å²) in [6, 6.07) is 5.10. The van der Waals surface area contributed by atoms with Gasteiger partial charge in [-0.15, -0.1) is 0 Å². The summed E-state index contributed by atoms with van der Waals surface area (Å²) in [6.45, 7) is 4.73. The Bertz CT molecular complexity index is 1130. The van der Waals surface area contributed by atoms with Gasteiger partial charge in [0.05, 0.1) is 0 Å². The molecule has 8 nitrogen and oxygen atoms in total.